The van der Waals surface area contributed by atoms with Crippen molar-refractivity contribution in [3.63, 3.8) is 0 Å². The van der Waals surface area contributed by atoms with Crippen LogP contribution in [0.15, 0.2) is 30.5 Å². The molecule has 7 heteroatoms. The van der Waals surface area contributed by atoms with Gasteiger partial charge >= 0.3 is 0 Å². The first-order valence-corrected chi connectivity index (χ1v) is 8.42. The standard InChI is InChI=1S/C18H21F2N3O2/c19-15-4-3-13(16(20)11-15)10-18(25)22-6-1-2-14(12-22)17-5-7-23(21-17)8-9-24/h3-5,7,11,14,24H,1-2,6,8-10,12H2/t14-/m0/s1. The summed E-state index contributed by atoms with van der Waals surface area (Å²) in [7, 11) is 0. The third-order valence-electron chi connectivity index (χ3n) is 4.54. The van der Waals surface area contributed by atoms with Crippen LogP contribution in [0, 0.1) is 11.6 Å². The molecule has 0 aliphatic carbocycles. The van der Waals surface area contributed by atoms with Gasteiger partial charge < -0.3 is 10.0 Å². The Morgan fingerprint density at radius 3 is 2.92 bits per heavy atom. The number of rotatable bonds is 5. The second kappa shape index (κ2) is 7.74. The Hall–Kier alpha value is -2.28. The molecule has 0 spiro atoms. The second-order valence-electron chi connectivity index (χ2n) is 6.32. The van der Waals surface area contributed by atoms with Gasteiger partial charge in [0.05, 0.1) is 25.3 Å². The van der Waals surface area contributed by atoms with E-state index in [1.807, 2.05) is 12.3 Å². The van der Waals surface area contributed by atoms with Crippen molar-refractivity contribution in [2.75, 3.05) is 19.7 Å². The molecular weight excluding hydrogens is 328 g/mol. The Morgan fingerprint density at radius 1 is 1.32 bits per heavy atom. The average molecular weight is 349 g/mol. The van der Waals surface area contributed by atoms with Crippen LogP contribution in [0.25, 0.3) is 0 Å². The molecule has 0 saturated carbocycles. The van der Waals surface area contributed by atoms with E-state index in [0.717, 1.165) is 24.6 Å². The minimum Gasteiger partial charge on any atom is -0.394 e. The van der Waals surface area contributed by atoms with Gasteiger partial charge in [0.2, 0.25) is 5.91 Å². The van der Waals surface area contributed by atoms with Gasteiger partial charge in [0.1, 0.15) is 11.6 Å². The summed E-state index contributed by atoms with van der Waals surface area (Å²) in [4.78, 5) is 14.2. The summed E-state index contributed by atoms with van der Waals surface area (Å²) < 4.78 is 28.4. The van der Waals surface area contributed by atoms with Crippen molar-refractivity contribution in [1.82, 2.24) is 14.7 Å². The van der Waals surface area contributed by atoms with Crippen molar-refractivity contribution in [2.24, 2.45) is 0 Å². The number of hydrogen-bond acceptors (Lipinski definition) is 3. The molecule has 1 aromatic heterocycles. The van der Waals surface area contributed by atoms with Gasteiger partial charge in [0.25, 0.3) is 0 Å². The van der Waals surface area contributed by atoms with E-state index in [-0.39, 0.29) is 30.4 Å². The predicted octanol–water partition coefficient (Wildman–Crippen LogP) is 2.10. The lowest BCUT2D eigenvalue weighted by Crippen LogP contribution is -2.40. The van der Waals surface area contributed by atoms with Gasteiger partial charge in [-0.15, -0.1) is 0 Å². The molecule has 1 aliphatic rings. The summed E-state index contributed by atoms with van der Waals surface area (Å²) >= 11 is 0. The van der Waals surface area contributed by atoms with Crippen LogP contribution in [-0.2, 0) is 17.8 Å². The summed E-state index contributed by atoms with van der Waals surface area (Å²) in [6.45, 7) is 1.64. The fourth-order valence-electron chi connectivity index (χ4n) is 3.21. The Labute approximate surface area is 144 Å². The number of carbonyl (C=O) groups is 1. The maximum absolute atomic E-state index is 13.8. The second-order valence-corrected chi connectivity index (χ2v) is 6.32. The first kappa shape index (κ1) is 17.5. The number of aliphatic hydroxyl groups is 1. The van der Waals surface area contributed by atoms with Crippen LogP contribution in [0.1, 0.15) is 30.0 Å². The minimum atomic E-state index is -0.690. The number of nitrogens with zero attached hydrogens (tertiary/aromatic N) is 3. The molecule has 0 bridgehead atoms. The molecule has 1 N–H and O–H groups in total. The van der Waals surface area contributed by atoms with Crippen LogP contribution in [0.5, 0.6) is 0 Å². The zero-order valence-electron chi connectivity index (χ0n) is 13.9. The Balaban J connectivity index is 1.64. The van der Waals surface area contributed by atoms with Crippen LogP contribution < -0.4 is 0 Å². The number of piperidine rings is 1. The highest BCUT2D eigenvalue weighted by Gasteiger charge is 2.26. The van der Waals surface area contributed by atoms with E-state index in [9.17, 15) is 13.6 Å². The van der Waals surface area contributed by atoms with Crippen molar-refractivity contribution >= 4 is 5.91 Å². The number of hydrogen-bond donors (Lipinski definition) is 1. The average Bonchev–Trinajstić information content (AvgIpc) is 3.06. The number of aromatic nitrogens is 2. The van der Waals surface area contributed by atoms with Crippen LogP contribution in [0.3, 0.4) is 0 Å². The molecule has 2 heterocycles. The fraction of sp³-hybridized carbons (Fsp3) is 0.444. The van der Waals surface area contributed by atoms with E-state index in [2.05, 4.69) is 5.10 Å². The summed E-state index contributed by atoms with van der Waals surface area (Å²) in [5, 5.41) is 13.4. The molecule has 1 saturated heterocycles. The van der Waals surface area contributed by atoms with Crippen LogP contribution in [-0.4, -0.2) is 45.4 Å². The summed E-state index contributed by atoms with van der Waals surface area (Å²) in [6, 6.07) is 5.20. The van der Waals surface area contributed by atoms with E-state index in [1.165, 1.54) is 12.1 Å². The van der Waals surface area contributed by atoms with E-state index in [0.29, 0.717) is 19.6 Å². The third-order valence-corrected chi connectivity index (χ3v) is 4.54. The van der Waals surface area contributed by atoms with Gasteiger partial charge in [-0.2, -0.15) is 5.10 Å². The van der Waals surface area contributed by atoms with E-state index < -0.39 is 11.6 Å². The number of halogens is 2. The van der Waals surface area contributed by atoms with Gasteiger partial charge in [-0.1, -0.05) is 6.07 Å². The molecule has 3 rings (SSSR count). The number of carbonyl (C=O) groups excluding carboxylic acids is 1. The lowest BCUT2D eigenvalue weighted by molar-refractivity contribution is -0.131. The van der Waals surface area contributed by atoms with E-state index in [1.54, 1.807) is 9.58 Å². The number of benzene rings is 1. The lowest BCUT2D eigenvalue weighted by Gasteiger charge is -2.32. The third kappa shape index (κ3) is 4.22. The quantitative estimate of drug-likeness (QED) is 0.899. The molecule has 1 atom stereocenters. The molecule has 0 unspecified atom stereocenters. The normalized spacial score (nSPS) is 17.7. The molecule has 134 valence electrons. The SMILES string of the molecule is O=C(Cc1ccc(F)cc1F)N1CCC[C@H](c2ccn(CCO)n2)C1. The molecule has 0 radical (unpaired) electrons. The number of aliphatic hydroxyl groups excluding tert-OH is 1. The van der Waals surface area contributed by atoms with E-state index in [4.69, 9.17) is 5.11 Å². The van der Waals surface area contributed by atoms with Crippen molar-refractivity contribution in [3.8, 4) is 0 Å². The van der Waals surface area contributed by atoms with Gasteiger partial charge in [0.15, 0.2) is 0 Å². The largest absolute Gasteiger partial charge is 0.394 e. The smallest absolute Gasteiger partial charge is 0.227 e. The summed E-state index contributed by atoms with van der Waals surface area (Å²) in [6.07, 6.45) is 3.54. The van der Waals surface area contributed by atoms with E-state index >= 15 is 0 Å². The predicted molar refractivity (Wildman–Crippen MR) is 87.9 cm³/mol. The van der Waals surface area contributed by atoms with Gasteiger partial charge in [-0.25, -0.2) is 8.78 Å². The highest BCUT2D eigenvalue weighted by molar-refractivity contribution is 5.79. The van der Waals surface area contributed by atoms with Crippen molar-refractivity contribution < 1.29 is 18.7 Å². The van der Waals surface area contributed by atoms with Gasteiger partial charge in [-0.05, 0) is 30.5 Å². The van der Waals surface area contributed by atoms with Crippen molar-refractivity contribution in [3.05, 3.63) is 53.4 Å². The van der Waals surface area contributed by atoms with Crippen molar-refractivity contribution in [1.29, 1.82) is 0 Å². The maximum Gasteiger partial charge on any atom is 0.227 e. The molecule has 1 aliphatic heterocycles. The number of likely N-dealkylation sites (tertiary alicyclic amines) is 1. The molecular formula is C18H21F2N3O2. The Morgan fingerprint density at radius 2 is 2.16 bits per heavy atom. The topological polar surface area (TPSA) is 58.4 Å². The fourth-order valence-corrected chi connectivity index (χ4v) is 3.21. The van der Waals surface area contributed by atoms with Crippen LogP contribution in [0.2, 0.25) is 0 Å². The summed E-state index contributed by atoms with van der Waals surface area (Å²) in [5.74, 6) is -1.37. The highest BCUT2D eigenvalue weighted by Crippen LogP contribution is 2.26. The van der Waals surface area contributed by atoms with Crippen LogP contribution >= 0.6 is 0 Å². The van der Waals surface area contributed by atoms with Crippen LogP contribution in [0.4, 0.5) is 8.78 Å². The zero-order valence-corrected chi connectivity index (χ0v) is 13.9. The molecule has 1 aromatic carbocycles. The maximum atomic E-state index is 13.8. The molecule has 2 aromatic rings. The molecule has 1 amide bonds. The van der Waals surface area contributed by atoms with Gasteiger partial charge in [0, 0.05) is 31.3 Å². The van der Waals surface area contributed by atoms with Gasteiger partial charge in [-0.3, -0.25) is 9.48 Å². The highest BCUT2D eigenvalue weighted by atomic mass is 19.1. The number of amides is 1. The Bertz CT molecular complexity index is 748. The molecule has 5 nitrogen and oxygen atoms in total. The summed E-state index contributed by atoms with van der Waals surface area (Å²) in [5.41, 5.74) is 1.11. The monoisotopic (exact) mass is 349 g/mol. The lowest BCUT2D eigenvalue weighted by atomic mass is 9.94. The minimum absolute atomic E-state index is 0.0274. The van der Waals surface area contributed by atoms with Crippen molar-refractivity contribution in [2.45, 2.75) is 31.7 Å². The Kier molecular flexibility index (Phi) is 5.43. The molecule has 25 heavy (non-hydrogen) atoms. The first-order valence-electron chi connectivity index (χ1n) is 8.42. The first-order chi connectivity index (χ1) is 12.1. The molecule has 1 fully saturated rings. The zero-order chi connectivity index (χ0) is 17.8.